The molecule has 2 aliphatic heterocycles. The van der Waals surface area contributed by atoms with Gasteiger partial charge in [0.2, 0.25) is 5.91 Å². The predicted octanol–water partition coefficient (Wildman–Crippen LogP) is 2.76. The Morgan fingerprint density at radius 1 is 0.963 bits per heavy atom. The van der Waals surface area contributed by atoms with E-state index in [0.717, 1.165) is 4.90 Å². The van der Waals surface area contributed by atoms with Crippen molar-refractivity contribution in [2.75, 3.05) is 14.1 Å². The number of hydrogen-bond acceptors (Lipinski definition) is 4. The number of hydrogen-bond donors (Lipinski definition) is 0. The first-order chi connectivity index (χ1) is 13.0. The third-order valence-electron chi connectivity index (χ3n) is 4.81. The Labute approximate surface area is 155 Å². The number of rotatable bonds is 1. The number of aliphatic imine (C=N–C) groups is 1. The predicted molar refractivity (Wildman–Crippen MR) is 97.8 cm³/mol. The molecule has 27 heavy (non-hydrogen) atoms. The van der Waals surface area contributed by atoms with Crippen LogP contribution in [0.2, 0.25) is 0 Å². The molecule has 1 fully saturated rings. The molecule has 0 unspecified atom stereocenters. The van der Waals surface area contributed by atoms with Crippen LogP contribution in [0.4, 0.5) is 4.79 Å². The molecule has 0 spiro atoms. The van der Waals surface area contributed by atoms with Crippen molar-refractivity contribution in [3.05, 3.63) is 59.7 Å². The lowest BCUT2D eigenvalue weighted by Gasteiger charge is -2.30. The monoisotopic (exact) mass is 363 g/mol. The van der Waals surface area contributed by atoms with Gasteiger partial charge in [0.25, 0.3) is 5.91 Å². The first-order valence-electron chi connectivity index (χ1n) is 8.48. The minimum absolute atomic E-state index is 0.100. The number of imide groups is 1. The van der Waals surface area contributed by atoms with Gasteiger partial charge in [0.1, 0.15) is 17.3 Å². The van der Waals surface area contributed by atoms with E-state index in [0.29, 0.717) is 22.6 Å². The Kier molecular flexibility index (Phi) is 3.99. The summed E-state index contributed by atoms with van der Waals surface area (Å²) in [4.78, 5) is 43.6. The molecule has 2 aromatic rings. The number of carbonyl (C=O) groups excluding carboxylic acids is 3. The highest BCUT2D eigenvalue weighted by Crippen LogP contribution is 2.44. The van der Waals surface area contributed by atoms with Gasteiger partial charge in [-0.25, -0.2) is 4.79 Å². The van der Waals surface area contributed by atoms with Crippen molar-refractivity contribution >= 4 is 23.7 Å². The molecule has 0 atom stereocenters. The summed E-state index contributed by atoms with van der Waals surface area (Å²) in [5.41, 5.74) is 1.41. The lowest BCUT2D eigenvalue weighted by atomic mass is 9.87. The topological polar surface area (TPSA) is 79.3 Å². The van der Waals surface area contributed by atoms with Gasteiger partial charge >= 0.3 is 6.03 Å². The molecule has 4 amide bonds. The Morgan fingerprint density at radius 2 is 1.52 bits per heavy atom. The maximum atomic E-state index is 13.1. The number of carbonyl (C=O) groups is 3. The number of para-hydroxylation sites is 2. The Balaban J connectivity index is 1.76. The second-order valence-corrected chi connectivity index (χ2v) is 6.45. The van der Waals surface area contributed by atoms with Crippen molar-refractivity contribution in [1.82, 2.24) is 9.80 Å². The van der Waals surface area contributed by atoms with Gasteiger partial charge in [-0.1, -0.05) is 36.4 Å². The highest BCUT2D eigenvalue weighted by Gasteiger charge is 2.35. The minimum Gasteiger partial charge on any atom is -0.457 e. The molecule has 2 aliphatic rings. The molecular weight excluding hydrogens is 346 g/mol. The molecule has 136 valence electrons. The van der Waals surface area contributed by atoms with Crippen LogP contribution in [0.1, 0.15) is 23.5 Å². The fourth-order valence-corrected chi connectivity index (χ4v) is 3.30. The standard InChI is InChI=1S/C20H17N3O4/c1-22-16(11-17(24)23(2)20(22)26)21-19(25)18-12-7-3-5-9-14(12)27-15-10-6-4-8-13(15)18/h3-10,18H,11H2,1-2H3. The normalized spacial score (nSPS) is 18.2. The molecule has 0 bridgehead atoms. The largest absolute Gasteiger partial charge is 0.457 e. The molecule has 0 N–H and O–H groups in total. The zero-order chi connectivity index (χ0) is 19.1. The van der Waals surface area contributed by atoms with Crippen LogP contribution in [0.3, 0.4) is 0 Å². The fraction of sp³-hybridized carbons (Fsp3) is 0.200. The molecule has 0 aromatic heterocycles. The van der Waals surface area contributed by atoms with Crippen LogP contribution in [0.15, 0.2) is 53.5 Å². The molecule has 0 aliphatic carbocycles. The number of fused-ring (bicyclic) bond motifs is 2. The minimum atomic E-state index is -0.656. The van der Waals surface area contributed by atoms with Gasteiger partial charge in [0.15, 0.2) is 0 Å². The second kappa shape index (κ2) is 6.35. The van der Waals surface area contributed by atoms with Gasteiger partial charge < -0.3 is 4.74 Å². The van der Waals surface area contributed by atoms with Crippen LogP contribution in [-0.2, 0) is 9.59 Å². The molecule has 2 heterocycles. The van der Waals surface area contributed by atoms with E-state index in [-0.39, 0.29) is 12.3 Å². The average molecular weight is 363 g/mol. The smallest absolute Gasteiger partial charge is 0.331 e. The molecule has 4 rings (SSSR count). The second-order valence-electron chi connectivity index (χ2n) is 6.45. The van der Waals surface area contributed by atoms with Gasteiger partial charge in [-0.05, 0) is 12.1 Å². The van der Waals surface area contributed by atoms with Crippen LogP contribution in [-0.4, -0.2) is 47.6 Å². The molecule has 0 radical (unpaired) electrons. The van der Waals surface area contributed by atoms with Gasteiger partial charge in [0, 0.05) is 25.2 Å². The van der Waals surface area contributed by atoms with E-state index < -0.39 is 23.8 Å². The van der Waals surface area contributed by atoms with Crippen LogP contribution in [0.25, 0.3) is 0 Å². The summed E-state index contributed by atoms with van der Waals surface area (Å²) < 4.78 is 5.89. The summed E-state index contributed by atoms with van der Waals surface area (Å²) in [6, 6.07) is 14.1. The molecule has 2 aromatic carbocycles. The molecule has 1 saturated heterocycles. The molecule has 0 saturated carbocycles. The number of benzene rings is 2. The van der Waals surface area contributed by atoms with Crippen molar-refractivity contribution in [3.63, 3.8) is 0 Å². The van der Waals surface area contributed by atoms with Crippen LogP contribution in [0, 0.1) is 0 Å². The Hall–Kier alpha value is -3.48. The highest BCUT2D eigenvalue weighted by atomic mass is 16.5. The van der Waals surface area contributed by atoms with E-state index in [2.05, 4.69) is 4.99 Å². The lowest BCUT2D eigenvalue weighted by Crippen LogP contribution is -2.51. The van der Waals surface area contributed by atoms with E-state index >= 15 is 0 Å². The van der Waals surface area contributed by atoms with Gasteiger partial charge in [-0.15, -0.1) is 0 Å². The molecule has 7 nitrogen and oxygen atoms in total. The van der Waals surface area contributed by atoms with Crippen LogP contribution >= 0.6 is 0 Å². The molecular formula is C20H17N3O4. The maximum Gasteiger partial charge on any atom is 0.331 e. The molecule has 7 heteroatoms. The summed E-state index contributed by atoms with van der Waals surface area (Å²) >= 11 is 0. The lowest BCUT2D eigenvalue weighted by molar-refractivity contribution is -0.127. The fourth-order valence-electron chi connectivity index (χ4n) is 3.30. The van der Waals surface area contributed by atoms with E-state index in [1.54, 1.807) is 12.1 Å². The van der Waals surface area contributed by atoms with Crippen LogP contribution in [0.5, 0.6) is 11.5 Å². The van der Waals surface area contributed by atoms with Crippen molar-refractivity contribution in [3.8, 4) is 11.5 Å². The summed E-state index contributed by atoms with van der Waals surface area (Å²) in [6.07, 6.45) is -0.100. The highest BCUT2D eigenvalue weighted by molar-refractivity contribution is 6.18. The number of nitrogens with zero attached hydrogens (tertiary/aromatic N) is 3. The number of urea groups is 1. The zero-order valence-corrected chi connectivity index (χ0v) is 14.9. The van der Waals surface area contributed by atoms with Crippen molar-refractivity contribution in [1.29, 1.82) is 0 Å². The number of amides is 4. The first-order valence-corrected chi connectivity index (χ1v) is 8.48. The van der Waals surface area contributed by atoms with Gasteiger partial charge in [-0.2, -0.15) is 4.99 Å². The zero-order valence-electron chi connectivity index (χ0n) is 14.9. The third kappa shape index (κ3) is 2.77. The average Bonchev–Trinajstić information content (AvgIpc) is 2.68. The van der Waals surface area contributed by atoms with Crippen molar-refractivity contribution in [2.45, 2.75) is 12.3 Å². The van der Waals surface area contributed by atoms with Gasteiger partial charge in [0.05, 0.1) is 12.3 Å². The van der Waals surface area contributed by atoms with Gasteiger partial charge in [-0.3, -0.25) is 19.4 Å². The summed E-state index contributed by atoms with van der Waals surface area (Å²) in [6.45, 7) is 0. The first kappa shape index (κ1) is 17.0. The number of ether oxygens (including phenoxy) is 1. The maximum absolute atomic E-state index is 13.1. The summed E-state index contributed by atoms with van der Waals surface area (Å²) in [5, 5.41) is 0. The Bertz CT molecular complexity index is 953. The summed E-state index contributed by atoms with van der Waals surface area (Å²) in [5.74, 6) is -0.147. The summed E-state index contributed by atoms with van der Waals surface area (Å²) in [7, 11) is 2.91. The van der Waals surface area contributed by atoms with Crippen molar-refractivity contribution in [2.24, 2.45) is 4.99 Å². The van der Waals surface area contributed by atoms with E-state index in [4.69, 9.17) is 4.74 Å². The van der Waals surface area contributed by atoms with E-state index in [1.165, 1.54) is 19.0 Å². The third-order valence-corrected chi connectivity index (χ3v) is 4.81. The van der Waals surface area contributed by atoms with Crippen LogP contribution < -0.4 is 4.74 Å². The quantitative estimate of drug-likeness (QED) is 0.780. The van der Waals surface area contributed by atoms with E-state index in [1.807, 2.05) is 36.4 Å². The van der Waals surface area contributed by atoms with Crippen molar-refractivity contribution < 1.29 is 19.1 Å². The number of amidine groups is 1. The Morgan fingerprint density at radius 3 is 2.11 bits per heavy atom. The SMILES string of the molecule is CN1C(=O)CC(=NC(=O)C2c3ccccc3Oc3ccccc32)N(C)C1=O. The van der Waals surface area contributed by atoms with E-state index in [9.17, 15) is 14.4 Å².